The van der Waals surface area contributed by atoms with Crippen LogP contribution < -0.4 is 5.73 Å². The van der Waals surface area contributed by atoms with Crippen molar-refractivity contribution < 1.29 is 12.6 Å². The SMILES string of the molecule is Cc1cccc(S(=O)CCS(C)(=O)=O)c1N. The van der Waals surface area contributed by atoms with Gasteiger partial charge >= 0.3 is 0 Å². The third kappa shape index (κ3) is 3.61. The molecular weight excluding hydrogens is 246 g/mol. The Kier molecular flexibility index (Phi) is 4.09. The van der Waals surface area contributed by atoms with Crippen LogP contribution in [-0.2, 0) is 20.6 Å². The van der Waals surface area contributed by atoms with E-state index in [9.17, 15) is 12.6 Å². The van der Waals surface area contributed by atoms with E-state index in [1.807, 2.05) is 13.0 Å². The number of anilines is 1. The first-order valence-corrected chi connectivity index (χ1v) is 8.10. The van der Waals surface area contributed by atoms with Crippen molar-refractivity contribution in [3.8, 4) is 0 Å². The molecule has 0 aromatic heterocycles. The van der Waals surface area contributed by atoms with E-state index in [-0.39, 0.29) is 11.5 Å². The van der Waals surface area contributed by atoms with E-state index >= 15 is 0 Å². The van der Waals surface area contributed by atoms with Crippen LogP contribution in [0.25, 0.3) is 0 Å². The highest BCUT2D eigenvalue weighted by Gasteiger charge is 2.12. The number of sulfone groups is 1. The molecule has 0 bridgehead atoms. The summed E-state index contributed by atoms with van der Waals surface area (Å²) in [5, 5.41) is 0. The van der Waals surface area contributed by atoms with Gasteiger partial charge in [-0.25, -0.2) is 8.42 Å². The molecule has 0 spiro atoms. The first kappa shape index (κ1) is 13.2. The number of rotatable bonds is 4. The lowest BCUT2D eigenvalue weighted by Crippen LogP contribution is -2.13. The molecule has 0 aliphatic heterocycles. The van der Waals surface area contributed by atoms with E-state index in [0.29, 0.717) is 10.6 Å². The average molecular weight is 261 g/mol. The summed E-state index contributed by atoms with van der Waals surface area (Å²) in [5.41, 5.74) is 7.11. The van der Waals surface area contributed by atoms with E-state index in [2.05, 4.69) is 0 Å². The average Bonchev–Trinajstić information content (AvgIpc) is 2.17. The summed E-state index contributed by atoms with van der Waals surface area (Å²) in [7, 11) is -4.44. The third-order valence-electron chi connectivity index (χ3n) is 2.17. The molecule has 0 heterocycles. The van der Waals surface area contributed by atoms with Gasteiger partial charge in [0.1, 0.15) is 9.84 Å². The molecule has 16 heavy (non-hydrogen) atoms. The molecule has 1 atom stereocenters. The molecule has 0 saturated carbocycles. The molecule has 0 saturated heterocycles. The van der Waals surface area contributed by atoms with Crippen molar-refractivity contribution >= 4 is 26.3 Å². The topological polar surface area (TPSA) is 77.2 Å². The lowest BCUT2D eigenvalue weighted by molar-refractivity contribution is 0.602. The van der Waals surface area contributed by atoms with Gasteiger partial charge in [-0.05, 0) is 18.6 Å². The van der Waals surface area contributed by atoms with Crippen LogP contribution in [0.2, 0.25) is 0 Å². The minimum atomic E-state index is -3.08. The molecule has 0 aliphatic rings. The van der Waals surface area contributed by atoms with E-state index < -0.39 is 20.6 Å². The smallest absolute Gasteiger partial charge is 0.148 e. The van der Waals surface area contributed by atoms with E-state index in [1.54, 1.807) is 12.1 Å². The summed E-state index contributed by atoms with van der Waals surface area (Å²) >= 11 is 0. The molecule has 1 aromatic carbocycles. The van der Waals surface area contributed by atoms with Gasteiger partial charge in [-0.2, -0.15) is 0 Å². The zero-order valence-electron chi connectivity index (χ0n) is 9.26. The zero-order valence-corrected chi connectivity index (χ0v) is 10.9. The monoisotopic (exact) mass is 261 g/mol. The highest BCUT2D eigenvalue weighted by molar-refractivity contribution is 7.92. The molecule has 0 fully saturated rings. The highest BCUT2D eigenvalue weighted by Crippen LogP contribution is 2.20. The maximum Gasteiger partial charge on any atom is 0.148 e. The Labute approximate surface area is 98.2 Å². The number of para-hydroxylation sites is 1. The van der Waals surface area contributed by atoms with Gasteiger partial charge in [-0.15, -0.1) is 0 Å². The molecular formula is C10H15NO3S2. The van der Waals surface area contributed by atoms with Crippen molar-refractivity contribution in [2.45, 2.75) is 11.8 Å². The Morgan fingerprint density at radius 3 is 2.56 bits per heavy atom. The van der Waals surface area contributed by atoms with Gasteiger partial charge < -0.3 is 5.73 Å². The van der Waals surface area contributed by atoms with Gasteiger partial charge in [0.25, 0.3) is 0 Å². The Hall–Kier alpha value is -0.880. The van der Waals surface area contributed by atoms with Crippen LogP contribution in [0.15, 0.2) is 23.1 Å². The molecule has 0 radical (unpaired) electrons. The highest BCUT2D eigenvalue weighted by atomic mass is 32.2. The minimum absolute atomic E-state index is 0.0898. The van der Waals surface area contributed by atoms with Crippen LogP contribution in [0, 0.1) is 6.92 Å². The van der Waals surface area contributed by atoms with Gasteiger partial charge in [0.05, 0.1) is 27.1 Å². The van der Waals surface area contributed by atoms with Crippen LogP contribution in [0.5, 0.6) is 0 Å². The van der Waals surface area contributed by atoms with Crippen molar-refractivity contribution in [2.75, 3.05) is 23.5 Å². The lowest BCUT2D eigenvalue weighted by atomic mass is 10.2. The van der Waals surface area contributed by atoms with Crippen LogP contribution >= 0.6 is 0 Å². The predicted octanol–water partition coefficient (Wildman–Crippen LogP) is 0.729. The minimum Gasteiger partial charge on any atom is -0.398 e. The summed E-state index contributed by atoms with van der Waals surface area (Å²) in [4.78, 5) is 0.517. The number of hydrogen-bond donors (Lipinski definition) is 1. The molecule has 1 aromatic rings. The van der Waals surface area contributed by atoms with Crippen molar-refractivity contribution in [3.63, 3.8) is 0 Å². The van der Waals surface area contributed by atoms with Gasteiger partial charge in [-0.1, -0.05) is 12.1 Å². The third-order valence-corrected chi connectivity index (χ3v) is 4.79. The maximum atomic E-state index is 11.8. The zero-order chi connectivity index (χ0) is 12.3. The number of aryl methyl sites for hydroxylation is 1. The van der Waals surface area contributed by atoms with E-state index in [1.165, 1.54) is 0 Å². The maximum absolute atomic E-state index is 11.8. The summed E-state index contributed by atoms with van der Waals surface area (Å²) in [6.07, 6.45) is 1.13. The van der Waals surface area contributed by atoms with Crippen molar-refractivity contribution in [2.24, 2.45) is 0 Å². The Morgan fingerprint density at radius 1 is 1.38 bits per heavy atom. The molecule has 4 nitrogen and oxygen atoms in total. The molecule has 0 aliphatic carbocycles. The number of hydrogen-bond acceptors (Lipinski definition) is 4. The second kappa shape index (κ2) is 4.97. The molecule has 90 valence electrons. The van der Waals surface area contributed by atoms with Gasteiger partial charge in [0.2, 0.25) is 0 Å². The quantitative estimate of drug-likeness (QED) is 0.811. The molecule has 2 N–H and O–H groups in total. The summed E-state index contributed by atoms with van der Waals surface area (Å²) in [5.74, 6) is -0.000516. The van der Waals surface area contributed by atoms with Gasteiger partial charge in [0, 0.05) is 12.0 Å². The Bertz CT molecular complexity index is 509. The van der Waals surface area contributed by atoms with Crippen LogP contribution in [0.4, 0.5) is 5.69 Å². The van der Waals surface area contributed by atoms with Crippen molar-refractivity contribution in [1.82, 2.24) is 0 Å². The summed E-state index contributed by atoms with van der Waals surface area (Å²) < 4.78 is 33.7. The number of nitrogens with two attached hydrogens (primary N) is 1. The largest absolute Gasteiger partial charge is 0.398 e. The second-order valence-electron chi connectivity index (χ2n) is 3.67. The fourth-order valence-corrected chi connectivity index (χ4v) is 3.86. The van der Waals surface area contributed by atoms with E-state index in [0.717, 1.165) is 11.8 Å². The van der Waals surface area contributed by atoms with Crippen LogP contribution in [0.3, 0.4) is 0 Å². The van der Waals surface area contributed by atoms with Gasteiger partial charge in [-0.3, -0.25) is 4.21 Å². The molecule has 0 amide bonds. The van der Waals surface area contributed by atoms with Crippen LogP contribution in [0.1, 0.15) is 5.56 Å². The fraction of sp³-hybridized carbons (Fsp3) is 0.400. The Morgan fingerprint density at radius 2 is 2.00 bits per heavy atom. The molecule has 1 rings (SSSR count). The first-order valence-electron chi connectivity index (χ1n) is 4.72. The molecule has 6 heteroatoms. The second-order valence-corrected chi connectivity index (χ2v) is 7.47. The van der Waals surface area contributed by atoms with Crippen LogP contribution in [-0.4, -0.2) is 30.4 Å². The number of nitrogen functional groups attached to an aromatic ring is 1. The van der Waals surface area contributed by atoms with E-state index in [4.69, 9.17) is 5.73 Å². The molecule has 1 unspecified atom stereocenters. The first-order chi connectivity index (χ1) is 7.31. The van der Waals surface area contributed by atoms with Crippen molar-refractivity contribution in [3.05, 3.63) is 23.8 Å². The fourth-order valence-electron chi connectivity index (χ4n) is 1.19. The van der Waals surface area contributed by atoms with Gasteiger partial charge in [0.15, 0.2) is 0 Å². The predicted molar refractivity (Wildman–Crippen MR) is 66.6 cm³/mol. The Balaban J connectivity index is 2.86. The lowest BCUT2D eigenvalue weighted by Gasteiger charge is -2.07. The standard InChI is InChI=1S/C10H15NO3S2/c1-8-4-3-5-9(10(8)11)15(12)6-7-16(2,13)14/h3-5H,6-7,11H2,1-2H3. The summed E-state index contributed by atoms with van der Waals surface area (Å²) in [6.45, 7) is 1.83. The number of benzene rings is 1. The summed E-state index contributed by atoms with van der Waals surface area (Å²) in [6, 6.07) is 5.26. The normalized spacial score (nSPS) is 13.6. The van der Waals surface area contributed by atoms with Crippen molar-refractivity contribution in [1.29, 1.82) is 0 Å².